The molecule has 1 aliphatic carbocycles. The molecule has 4 rings (SSSR count). The summed E-state index contributed by atoms with van der Waals surface area (Å²) in [6.45, 7) is 18.9. The number of rotatable bonds is 6. The first-order chi connectivity index (χ1) is 16.6. The number of halogens is 3. The quantitative estimate of drug-likeness (QED) is 0.230. The van der Waals surface area contributed by atoms with Gasteiger partial charge < -0.3 is 37.2 Å². The van der Waals surface area contributed by atoms with Gasteiger partial charge in [-0.3, -0.25) is 0 Å². The van der Waals surface area contributed by atoms with E-state index in [9.17, 15) is 0 Å². The standard InChI is InChI=1S/C33H39Si.3ClH.Ti/c1-23(2)28-14-12-18-31(20-28)34(30-16-10-9-11-17-30,32-19-13-15-29(21-32)24(3)4)33(8)22-25(5)26(6)27(33)7;;;;/h9-21,23-24H,1-8H3;3*1H;/q;;;;+3/p-3. The molecule has 0 amide bonds. The summed E-state index contributed by atoms with van der Waals surface area (Å²) in [5.74, 6) is 0.986. The van der Waals surface area contributed by atoms with Gasteiger partial charge in [0.25, 0.3) is 0 Å². The Morgan fingerprint density at radius 3 is 1.39 bits per heavy atom. The second kappa shape index (κ2) is 13.5. The second-order valence-electron chi connectivity index (χ2n) is 11.1. The van der Waals surface area contributed by atoms with Gasteiger partial charge in [-0.15, -0.1) is 0 Å². The van der Waals surface area contributed by atoms with Crippen LogP contribution in [-0.4, -0.2) is 8.07 Å². The molecule has 0 radical (unpaired) electrons. The van der Waals surface area contributed by atoms with Crippen LogP contribution in [0.15, 0.2) is 99.5 Å². The van der Waals surface area contributed by atoms with Crippen molar-refractivity contribution in [2.45, 2.75) is 72.3 Å². The van der Waals surface area contributed by atoms with Crippen LogP contribution >= 0.6 is 0 Å². The topological polar surface area (TPSA) is 0 Å². The van der Waals surface area contributed by atoms with Crippen LogP contribution in [-0.2, 0) is 20.4 Å². The summed E-state index contributed by atoms with van der Waals surface area (Å²) < 4.78 is 1.54. The van der Waals surface area contributed by atoms with Gasteiger partial charge in [0.2, 0.25) is 0 Å². The Labute approximate surface area is 262 Å². The van der Waals surface area contributed by atoms with Crippen molar-refractivity contribution in [1.82, 2.24) is 0 Å². The van der Waals surface area contributed by atoms with Crippen LogP contribution in [0, 0.1) is 0 Å². The van der Waals surface area contributed by atoms with Crippen molar-refractivity contribution in [2.75, 3.05) is 0 Å². The Kier molecular flexibility index (Phi) is 12.5. The van der Waals surface area contributed by atoms with Gasteiger partial charge >= 0.3 is 227 Å². The summed E-state index contributed by atoms with van der Waals surface area (Å²) >= 11 is 2.40. The van der Waals surface area contributed by atoms with Gasteiger partial charge in [-0.1, -0.05) is 0 Å². The van der Waals surface area contributed by atoms with Gasteiger partial charge in [0, 0.05) is 0 Å². The van der Waals surface area contributed by atoms with Crippen molar-refractivity contribution < 1.29 is 57.7 Å². The van der Waals surface area contributed by atoms with Gasteiger partial charge in [-0.2, -0.15) is 0 Å². The van der Waals surface area contributed by atoms with Crippen molar-refractivity contribution in [1.29, 1.82) is 0 Å². The normalized spacial score (nSPS) is 17.4. The van der Waals surface area contributed by atoms with Crippen molar-refractivity contribution in [3.05, 3.63) is 111 Å². The molecular formula is C33H39Cl3SiTi. The van der Waals surface area contributed by atoms with Crippen LogP contribution in [0.2, 0.25) is 5.04 Å². The van der Waals surface area contributed by atoms with Gasteiger partial charge in [0.15, 0.2) is 0 Å². The Bertz CT molecular complexity index is 1230. The van der Waals surface area contributed by atoms with E-state index in [1.165, 1.54) is 47.3 Å². The smallest absolute Gasteiger partial charge is 1.00 e. The maximum Gasteiger partial charge on any atom is -1.00 e. The van der Waals surface area contributed by atoms with Gasteiger partial charge in [0.1, 0.15) is 0 Å². The van der Waals surface area contributed by atoms with E-state index in [4.69, 9.17) is 0 Å². The molecular weight excluding hydrogens is 579 g/mol. The fraction of sp³-hybridized carbons (Fsp3) is 0.333. The van der Waals surface area contributed by atoms with E-state index in [1.807, 2.05) is 0 Å². The van der Waals surface area contributed by atoms with E-state index in [-0.39, 0.29) is 42.3 Å². The minimum absolute atomic E-state index is 0. The Balaban J connectivity index is 0.00000241. The maximum absolute atomic E-state index is 2.60. The van der Waals surface area contributed by atoms with Crippen LogP contribution in [0.5, 0.6) is 0 Å². The first-order valence-corrected chi connectivity index (χ1v) is 15.7. The summed E-state index contributed by atoms with van der Waals surface area (Å²) in [5, 5.41) is 4.46. The SMILES string of the molecule is CC1=C(C)C(C)([Si](c2ccccc2)(c2cccc(C(C)C)c2)c2cccc(C(C)C)c2)[C]([Ti+3])=C1C.[Cl-].[Cl-].[Cl-]. The Morgan fingerprint density at radius 2 is 1.03 bits per heavy atom. The molecule has 1 atom stereocenters. The van der Waals surface area contributed by atoms with Crippen LogP contribution in [0.25, 0.3) is 0 Å². The predicted octanol–water partition coefficient (Wildman–Crippen LogP) is -1.65. The first-order valence-electron chi connectivity index (χ1n) is 12.9. The third-order valence-corrected chi connectivity index (χ3v) is 16.1. The largest absolute Gasteiger partial charge is 1.00 e. The van der Waals surface area contributed by atoms with E-state index in [0.717, 1.165) is 0 Å². The molecule has 0 spiro atoms. The zero-order valence-electron chi connectivity index (χ0n) is 23.8. The third kappa shape index (κ3) is 5.45. The molecule has 200 valence electrons. The molecule has 0 saturated carbocycles. The average Bonchev–Trinajstić information content (AvgIpc) is 3.01. The zero-order valence-corrected chi connectivity index (χ0v) is 28.6. The van der Waals surface area contributed by atoms with Gasteiger partial charge in [0.05, 0.1) is 0 Å². The van der Waals surface area contributed by atoms with E-state index < -0.39 is 8.07 Å². The molecule has 5 heteroatoms. The van der Waals surface area contributed by atoms with E-state index in [1.54, 1.807) is 0 Å². The fourth-order valence-corrected chi connectivity index (χ4v) is 13.9. The molecule has 0 aromatic heterocycles. The van der Waals surface area contributed by atoms with Crippen LogP contribution in [0.1, 0.15) is 78.4 Å². The number of benzene rings is 3. The minimum atomic E-state index is -2.60. The van der Waals surface area contributed by atoms with Gasteiger partial charge in [-0.05, 0) is 0 Å². The molecule has 0 saturated heterocycles. The molecule has 0 heterocycles. The van der Waals surface area contributed by atoms with Crippen molar-refractivity contribution in [3.8, 4) is 0 Å². The summed E-state index contributed by atoms with van der Waals surface area (Å²) in [6.07, 6.45) is 0. The summed E-state index contributed by atoms with van der Waals surface area (Å²) in [4.78, 5) is 0. The number of hydrogen-bond acceptors (Lipinski definition) is 0. The molecule has 0 bridgehead atoms. The second-order valence-corrected chi connectivity index (χ2v) is 16.1. The minimum Gasteiger partial charge on any atom is -1.00 e. The van der Waals surface area contributed by atoms with Crippen molar-refractivity contribution in [3.63, 3.8) is 0 Å². The third-order valence-electron chi connectivity index (χ3n) is 8.68. The fourth-order valence-electron chi connectivity index (χ4n) is 6.19. The van der Waals surface area contributed by atoms with Crippen LogP contribution in [0.4, 0.5) is 0 Å². The monoisotopic (exact) mass is 616 g/mol. The molecule has 0 fully saturated rings. The van der Waals surface area contributed by atoms with Crippen LogP contribution in [0.3, 0.4) is 0 Å². The molecule has 3 aromatic carbocycles. The van der Waals surface area contributed by atoms with Crippen molar-refractivity contribution in [2.24, 2.45) is 0 Å². The molecule has 1 unspecified atom stereocenters. The number of allylic oxidation sites excluding steroid dienone is 4. The average molecular weight is 618 g/mol. The molecule has 0 aliphatic heterocycles. The van der Waals surface area contributed by atoms with E-state index in [0.29, 0.717) is 11.8 Å². The molecule has 3 aromatic rings. The maximum atomic E-state index is 2.56. The van der Waals surface area contributed by atoms with Crippen molar-refractivity contribution >= 4 is 23.6 Å². The molecule has 0 nitrogen and oxygen atoms in total. The molecule has 0 N–H and O–H groups in total. The van der Waals surface area contributed by atoms with E-state index >= 15 is 0 Å². The molecule has 38 heavy (non-hydrogen) atoms. The number of hydrogen-bond donors (Lipinski definition) is 0. The Morgan fingerprint density at radius 1 is 0.605 bits per heavy atom. The van der Waals surface area contributed by atoms with Gasteiger partial charge in [-0.25, -0.2) is 0 Å². The van der Waals surface area contributed by atoms with E-state index in [2.05, 4.69) is 155 Å². The molecule has 1 aliphatic rings. The summed E-state index contributed by atoms with van der Waals surface area (Å²) in [5.41, 5.74) is 7.32. The zero-order chi connectivity index (χ0) is 25.5. The summed E-state index contributed by atoms with van der Waals surface area (Å²) in [6, 6.07) is 30.6. The predicted molar refractivity (Wildman–Crippen MR) is 152 cm³/mol. The Hall–Kier alpha value is -1.06. The first kappa shape index (κ1) is 35.0. The van der Waals surface area contributed by atoms with Crippen LogP contribution < -0.4 is 52.8 Å². The summed E-state index contributed by atoms with van der Waals surface area (Å²) in [7, 11) is -2.60.